The number of rotatable bonds is 2. The van der Waals surface area contributed by atoms with Crippen molar-refractivity contribution in [3.63, 3.8) is 0 Å². The van der Waals surface area contributed by atoms with E-state index in [-0.39, 0.29) is 5.69 Å². The van der Waals surface area contributed by atoms with Crippen LogP contribution >= 0.6 is 0 Å². The van der Waals surface area contributed by atoms with Gasteiger partial charge in [0.1, 0.15) is 5.82 Å². The summed E-state index contributed by atoms with van der Waals surface area (Å²) in [6, 6.07) is 16.0. The number of nitrogen functional groups attached to an aromatic ring is 1. The molecule has 5 heteroatoms. The standard InChI is InChI=1S/C15H11N3O2/c16-15-13(10-4-2-1-3-5-10)9-11-8-12(18(19)20)6-7-14(11)17-15/h1-9H,(H2,16,17). The Labute approximate surface area is 114 Å². The van der Waals surface area contributed by atoms with Gasteiger partial charge in [0, 0.05) is 23.1 Å². The first-order valence-corrected chi connectivity index (χ1v) is 6.05. The Morgan fingerprint density at radius 3 is 2.50 bits per heavy atom. The van der Waals surface area contributed by atoms with E-state index in [1.807, 2.05) is 36.4 Å². The van der Waals surface area contributed by atoms with E-state index in [9.17, 15) is 10.1 Å². The Bertz CT molecular complexity index is 801. The fourth-order valence-corrected chi connectivity index (χ4v) is 2.14. The van der Waals surface area contributed by atoms with E-state index in [0.717, 1.165) is 11.1 Å². The first-order valence-electron chi connectivity index (χ1n) is 6.05. The number of benzene rings is 2. The van der Waals surface area contributed by atoms with Crippen molar-refractivity contribution in [2.24, 2.45) is 0 Å². The summed E-state index contributed by atoms with van der Waals surface area (Å²) < 4.78 is 0. The van der Waals surface area contributed by atoms with Gasteiger partial charge in [-0.2, -0.15) is 0 Å². The van der Waals surface area contributed by atoms with Crippen molar-refractivity contribution < 1.29 is 4.92 Å². The van der Waals surface area contributed by atoms with Crippen molar-refractivity contribution in [2.45, 2.75) is 0 Å². The van der Waals surface area contributed by atoms with Crippen molar-refractivity contribution in [1.82, 2.24) is 4.98 Å². The molecule has 0 saturated carbocycles. The monoisotopic (exact) mass is 265 g/mol. The highest BCUT2D eigenvalue weighted by Crippen LogP contribution is 2.29. The summed E-state index contributed by atoms with van der Waals surface area (Å²) in [4.78, 5) is 14.7. The third kappa shape index (κ3) is 2.05. The highest BCUT2D eigenvalue weighted by atomic mass is 16.6. The highest BCUT2D eigenvalue weighted by molar-refractivity contribution is 5.89. The quantitative estimate of drug-likeness (QED) is 0.568. The number of fused-ring (bicyclic) bond motifs is 1. The minimum Gasteiger partial charge on any atom is -0.383 e. The van der Waals surface area contributed by atoms with Crippen LogP contribution in [0, 0.1) is 10.1 Å². The van der Waals surface area contributed by atoms with Gasteiger partial charge in [-0.05, 0) is 17.7 Å². The molecule has 0 aliphatic carbocycles. The normalized spacial score (nSPS) is 10.6. The van der Waals surface area contributed by atoms with Crippen molar-refractivity contribution >= 4 is 22.4 Å². The number of nitro benzene ring substituents is 1. The van der Waals surface area contributed by atoms with Gasteiger partial charge in [-0.25, -0.2) is 4.98 Å². The molecule has 2 N–H and O–H groups in total. The van der Waals surface area contributed by atoms with E-state index < -0.39 is 4.92 Å². The van der Waals surface area contributed by atoms with Gasteiger partial charge < -0.3 is 5.73 Å². The number of nitrogens with zero attached hydrogens (tertiary/aromatic N) is 2. The number of anilines is 1. The Morgan fingerprint density at radius 1 is 1.05 bits per heavy atom. The molecule has 0 fully saturated rings. The van der Waals surface area contributed by atoms with Crippen LogP contribution < -0.4 is 5.73 Å². The first-order chi connectivity index (χ1) is 9.65. The van der Waals surface area contributed by atoms with Gasteiger partial charge in [-0.1, -0.05) is 30.3 Å². The fraction of sp³-hybridized carbons (Fsp3) is 0. The molecular formula is C15H11N3O2. The van der Waals surface area contributed by atoms with Crippen molar-refractivity contribution in [1.29, 1.82) is 0 Å². The zero-order valence-corrected chi connectivity index (χ0v) is 10.5. The van der Waals surface area contributed by atoms with Crippen LogP contribution in [0.25, 0.3) is 22.0 Å². The molecule has 5 nitrogen and oxygen atoms in total. The van der Waals surface area contributed by atoms with E-state index in [2.05, 4.69) is 4.98 Å². The third-order valence-electron chi connectivity index (χ3n) is 3.12. The maximum absolute atomic E-state index is 10.8. The predicted octanol–water partition coefficient (Wildman–Crippen LogP) is 3.39. The van der Waals surface area contributed by atoms with Gasteiger partial charge in [0.2, 0.25) is 0 Å². The predicted molar refractivity (Wildman–Crippen MR) is 78.2 cm³/mol. The SMILES string of the molecule is Nc1nc2ccc([N+](=O)[O-])cc2cc1-c1ccccc1. The Morgan fingerprint density at radius 2 is 1.80 bits per heavy atom. The van der Waals surface area contributed by atoms with Crippen LogP contribution in [0.3, 0.4) is 0 Å². The molecule has 0 bridgehead atoms. The molecule has 0 radical (unpaired) electrons. The third-order valence-corrected chi connectivity index (χ3v) is 3.12. The number of hydrogen-bond acceptors (Lipinski definition) is 4. The Balaban J connectivity index is 2.23. The van der Waals surface area contributed by atoms with E-state index in [4.69, 9.17) is 5.73 Å². The molecule has 1 heterocycles. The topological polar surface area (TPSA) is 82.0 Å². The van der Waals surface area contributed by atoms with Crippen molar-refractivity contribution in [3.8, 4) is 11.1 Å². The molecule has 0 spiro atoms. The molecule has 0 amide bonds. The lowest BCUT2D eigenvalue weighted by molar-refractivity contribution is -0.384. The summed E-state index contributed by atoms with van der Waals surface area (Å²) in [6.07, 6.45) is 0. The van der Waals surface area contributed by atoms with Crippen LogP contribution in [0.15, 0.2) is 54.6 Å². The zero-order chi connectivity index (χ0) is 14.1. The fourth-order valence-electron chi connectivity index (χ4n) is 2.14. The van der Waals surface area contributed by atoms with E-state index in [0.29, 0.717) is 16.7 Å². The molecule has 3 rings (SSSR count). The average Bonchev–Trinajstić information content (AvgIpc) is 2.47. The number of nitro groups is 1. The van der Waals surface area contributed by atoms with Crippen molar-refractivity contribution in [2.75, 3.05) is 5.73 Å². The Kier molecular flexibility index (Phi) is 2.80. The van der Waals surface area contributed by atoms with E-state index in [1.54, 1.807) is 6.07 Å². The van der Waals surface area contributed by atoms with E-state index >= 15 is 0 Å². The first kappa shape index (κ1) is 12.1. The molecule has 0 unspecified atom stereocenters. The zero-order valence-electron chi connectivity index (χ0n) is 10.5. The summed E-state index contributed by atoms with van der Waals surface area (Å²) in [5.41, 5.74) is 8.37. The molecule has 0 aliphatic heterocycles. The number of hydrogen-bond donors (Lipinski definition) is 1. The smallest absolute Gasteiger partial charge is 0.270 e. The lowest BCUT2D eigenvalue weighted by atomic mass is 10.0. The maximum atomic E-state index is 10.8. The summed E-state index contributed by atoms with van der Waals surface area (Å²) in [5, 5.41) is 11.5. The molecular weight excluding hydrogens is 254 g/mol. The minimum absolute atomic E-state index is 0.0445. The summed E-state index contributed by atoms with van der Waals surface area (Å²) in [6.45, 7) is 0. The van der Waals surface area contributed by atoms with Crippen LogP contribution in [0.4, 0.5) is 11.5 Å². The van der Waals surface area contributed by atoms with Gasteiger partial charge >= 0.3 is 0 Å². The lowest BCUT2D eigenvalue weighted by Gasteiger charge is -2.07. The summed E-state index contributed by atoms with van der Waals surface area (Å²) in [7, 11) is 0. The van der Waals surface area contributed by atoms with Crippen LogP contribution in [0.2, 0.25) is 0 Å². The molecule has 3 aromatic rings. The Hall–Kier alpha value is -2.95. The number of pyridine rings is 1. The minimum atomic E-state index is -0.419. The largest absolute Gasteiger partial charge is 0.383 e. The maximum Gasteiger partial charge on any atom is 0.270 e. The number of non-ortho nitro benzene ring substituents is 1. The highest BCUT2D eigenvalue weighted by Gasteiger charge is 2.10. The second-order valence-corrected chi connectivity index (χ2v) is 4.42. The molecule has 0 atom stereocenters. The van der Waals surface area contributed by atoms with E-state index in [1.165, 1.54) is 12.1 Å². The molecule has 0 saturated heterocycles. The van der Waals surface area contributed by atoms with Gasteiger partial charge in [-0.15, -0.1) is 0 Å². The van der Waals surface area contributed by atoms with Crippen molar-refractivity contribution in [3.05, 3.63) is 64.7 Å². The summed E-state index contributed by atoms with van der Waals surface area (Å²) in [5.74, 6) is 0.414. The second-order valence-electron chi connectivity index (χ2n) is 4.42. The van der Waals surface area contributed by atoms with Crippen LogP contribution in [0.1, 0.15) is 0 Å². The van der Waals surface area contributed by atoms with Crippen LogP contribution in [-0.2, 0) is 0 Å². The molecule has 1 aromatic heterocycles. The van der Waals surface area contributed by atoms with Gasteiger partial charge in [0.25, 0.3) is 5.69 Å². The molecule has 0 aliphatic rings. The van der Waals surface area contributed by atoms with Gasteiger partial charge in [0.15, 0.2) is 0 Å². The summed E-state index contributed by atoms with van der Waals surface area (Å²) >= 11 is 0. The number of aromatic nitrogens is 1. The lowest BCUT2D eigenvalue weighted by Crippen LogP contribution is -1.96. The number of nitrogens with two attached hydrogens (primary N) is 1. The van der Waals surface area contributed by atoms with Crippen LogP contribution in [-0.4, -0.2) is 9.91 Å². The van der Waals surface area contributed by atoms with Gasteiger partial charge in [-0.3, -0.25) is 10.1 Å². The average molecular weight is 265 g/mol. The molecule has 20 heavy (non-hydrogen) atoms. The molecule has 2 aromatic carbocycles. The van der Waals surface area contributed by atoms with Gasteiger partial charge in [0.05, 0.1) is 10.4 Å². The molecule has 98 valence electrons. The second kappa shape index (κ2) is 4.62. The van der Waals surface area contributed by atoms with Crippen LogP contribution in [0.5, 0.6) is 0 Å².